The Balaban J connectivity index is 0.00000364. The van der Waals surface area contributed by atoms with E-state index in [0.717, 1.165) is 30.8 Å². The van der Waals surface area contributed by atoms with Crippen LogP contribution in [0, 0.1) is 0 Å². The van der Waals surface area contributed by atoms with E-state index in [2.05, 4.69) is 22.3 Å². The van der Waals surface area contributed by atoms with Crippen LogP contribution in [0.3, 0.4) is 0 Å². The zero-order valence-electron chi connectivity index (χ0n) is 16.5. The number of carbonyl (C=O) groups is 1. The fourth-order valence-electron chi connectivity index (χ4n) is 3.44. The lowest BCUT2D eigenvalue weighted by molar-refractivity contribution is -0.121. The van der Waals surface area contributed by atoms with Crippen molar-refractivity contribution in [2.75, 3.05) is 33.4 Å². The van der Waals surface area contributed by atoms with E-state index < -0.39 is 0 Å². The number of piperidine rings is 1. The summed E-state index contributed by atoms with van der Waals surface area (Å²) in [7, 11) is 1.69. The largest absolute Gasteiger partial charge is 0.496 e. The molecule has 0 spiro atoms. The van der Waals surface area contributed by atoms with Gasteiger partial charge in [0.15, 0.2) is 0 Å². The van der Waals surface area contributed by atoms with Crippen LogP contribution in [0.1, 0.15) is 43.7 Å². The molecule has 1 atom stereocenters. The van der Waals surface area contributed by atoms with Crippen LogP contribution in [-0.4, -0.2) is 50.2 Å². The summed E-state index contributed by atoms with van der Waals surface area (Å²) >= 11 is 0. The van der Waals surface area contributed by atoms with E-state index in [1.807, 2.05) is 13.0 Å². The second-order valence-corrected chi connectivity index (χ2v) is 6.75. The Labute approximate surface area is 169 Å². The number of nitrogens with zero attached hydrogens (tertiary/aromatic N) is 1. The lowest BCUT2D eigenvalue weighted by Gasteiger charge is -2.36. The van der Waals surface area contributed by atoms with Crippen LogP contribution in [0.2, 0.25) is 0 Å². The van der Waals surface area contributed by atoms with Crippen LogP contribution in [-0.2, 0) is 22.7 Å². The average molecular weight is 400 g/mol. The van der Waals surface area contributed by atoms with Gasteiger partial charge in [0, 0.05) is 44.3 Å². The second-order valence-electron chi connectivity index (χ2n) is 6.75. The van der Waals surface area contributed by atoms with Crippen molar-refractivity contribution in [1.82, 2.24) is 10.2 Å². The van der Waals surface area contributed by atoms with Crippen molar-refractivity contribution in [3.8, 4) is 5.75 Å². The Morgan fingerprint density at radius 1 is 1.37 bits per heavy atom. The molecule has 0 radical (unpaired) electrons. The Bertz CT molecular complexity index is 571. The third-order valence-electron chi connectivity index (χ3n) is 4.85. The normalized spacial score (nSPS) is 17.2. The van der Waals surface area contributed by atoms with Gasteiger partial charge in [0.05, 0.1) is 13.7 Å². The number of nitrogens with two attached hydrogens (primary N) is 1. The first-order chi connectivity index (χ1) is 12.7. The molecular formula is C20H34ClN3O3. The number of likely N-dealkylation sites (tertiary alicyclic amines) is 1. The van der Waals surface area contributed by atoms with Gasteiger partial charge in [-0.25, -0.2) is 0 Å². The maximum Gasteiger partial charge on any atom is 0.221 e. The monoisotopic (exact) mass is 399 g/mol. The summed E-state index contributed by atoms with van der Waals surface area (Å²) in [4.78, 5) is 14.2. The number of nitrogens with one attached hydrogen (secondary N) is 1. The highest BCUT2D eigenvalue weighted by Crippen LogP contribution is 2.24. The molecule has 3 N–H and O–H groups in total. The van der Waals surface area contributed by atoms with E-state index in [-0.39, 0.29) is 18.3 Å². The molecule has 0 saturated carbocycles. The van der Waals surface area contributed by atoms with Crippen molar-refractivity contribution in [3.63, 3.8) is 0 Å². The molecule has 0 bridgehead atoms. The molecule has 1 saturated heterocycles. The van der Waals surface area contributed by atoms with Crippen LogP contribution in [0.5, 0.6) is 5.75 Å². The lowest BCUT2D eigenvalue weighted by Crippen LogP contribution is -2.46. The molecule has 0 aromatic heterocycles. The van der Waals surface area contributed by atoms with E-state index in [9.17, 15) is 4.79 Å². The molecule has 1 fully saturated rings. The van der Waals surface area contributed by atoms with Crippen molar-refractivity contribution in [3.05, 3.63) is 29.3 Å². The fourth-order valence-corrected chi connectivity index (χ4v) is 3.44. The summed E-state index contributed by atoms with van der Waals surface area (Å²) in [6.45, 7) is 6.27. The van der Waals surface area contributed by atoms with Crippen molar-refractivity contribution >= 4 is 18.3 Å². The number of methoxy groups -OCH3 is 1. The third kappa shape index (κ3) is 7.66. The van der Waals surface area contributed by atoms with Crippen LogP contribution >= 0.6 is 12.4 Å². The molecule has 2 rings (SSSR count). The minimum atomic E-state index is 0. The number of amides is 1. The summed E-state index contributed by atoms with van der Waals surface area (Å²) < 4.78 is 11.0. The summed E-state index contributed by atoms with van der Waals surface area (Å²) in [6, 6.07) is 6.69. The van der Waals surface area contributed by atoms with Gasteiger partial charge in [-0.1, -0.05) is 12.5 Å². The number of ether oxygens (including phenoxy) is 2. The number of hydrogen-bond donors (Lipinski definition) is 2. The van der Waals surface area contributed by atoms with Gasteiger partial charge in [-0.05, 0) is 44.0 Å². The van der Waals surface area contributed by atoms with Gasteiger partial charge >= 0.3 is 0 Å². The number of rotatable bonds is 10. The highest BCUT2D eigenvalue weighted by atomic mass is 35.5. The SMILES string of the molecule is CCOCc1cc(CN2CCCCC2CNC(=O)CCN)ccc1OC.Cl. The second kappa shape index (κ2) is 12.9. The highest BCUT2D eigenvalue weighted by Gasteiger charge is 2.23. The van der Waals surface area contributed by atoms with Crippen LogP contribution in [0.15, 0.2) is 18.2 Å². The fraction of sp³-hybridized carbons (Fsp3) is 0.650. The molecule has 1 aromatic rings. The van der Waals surface area contributed by atoms with E-state index in [1.54, 1.807) is 7.11 Å². The number of benzene rings is 1. The molecule has 154 valence electrons. The maximum absolute atomic E-state index is 11.7. The maximum atomic E-state index is 11.7. The topological polar surface area (TPSA) is 76.8 Å². The third-order valence-corrected chi connectivity index (χ3v) is 4.85. The number of carbonyl (C=O) groups excluding carboxylic acids is 1. The molecule has 6 nitrogen and oxygen atoms in total. The van der Waals surface area contributed by atoms with Crippen molar-refractivity contribution in [2.45, 2.75) is 51.8 Å². The number of halogens is 1. The molecule has 1 aliphatic rings. The molecule has 27 heavy (non-hydrogen) atoms. The highest BCUT2D eigenvalue weighted by molar-refractivity contribution is 5.85. The quantitative estimate of drug-likeness (QED) is 0.632. The first-order valence-electron chi connectivity index (χ1n) is 9.62. The van der Waals surface area contributed by atoms with E-state index in [0.29, 0.717) is 38.8 Å². The molecule has 7 heteroatoms. The summed E-state index contributed by atoms with van der Waals surface area (Å²) in [5.74, 6) is 0.910. The van der Waals surface area contributed by atoms with E-state index >= 15 is 0 Å². The van der Waals surface area contributed by atoms with Crippen molar-refractivity contribution < 1.29 is 14.3 Å². The average Bonchev–Trinajstić information content (AvgIpc) is 2.66. The Kier molecular flexibility index (Phi) is 11.4. The molecule has 1 amide bonds. The minimum Gasteiger partial charge on any atom is -0.496 e. The molecule has 1 unspecified atom stereocenters. The molecule has 1 aromatic carbocycles. The molecule has 1 aliphatic heterocycles. The zero-order valence-corrected chi connectivity index (χ0v) is 17.4. The Morgan fingerprint density at radius 3 is 2.89 bits per heavy atom. The van der Waals surface area contributed by atoms with Crippen molar-refractivity contribution in [2.24, 2.45) is 5.73 Å². The summed E-state index contributed by atoms with van der Waals surface area (Å²) in [5.41, 5.74) is 7.78. The Morgan fingerprint density at radius 2 is 2.19 bits per heavy atom. The zero-order chi connectivity index (χ0) is 18.8. The van der Waals surface area contributed by atoms with Gasteiger partial charge < -0.3 is 20.5 Å². The lowest BCUT2D eigenvalue weighted by atomic mass is 10.0. The summed E-state index contributed by atoms with van der Waals surface area (Å²) in [6.07, 6.45) is 3.93. The van der Waals surface area contributed by atoms with Crippen LogP contribution in [0.25, 0.3) is 0 Å². The van der Waals surface area contributed by atoms with E-state index in [4.69, 9.17) is 15.2 Å². The number of hydrogen-bond acceptors (Lipinski definition) is 5. The van der Waals surface area contributed by atoms with E-state index in [1.165, 1.54) is 18.4 Å². The molecule has 1 heterocycles. The van der Waals surface area contributed by atoms with Gasteiger partial charge in [0.25, 0.3) is 0 Å². The van der Waals surface area contributed by atoms with Gasteiger partial charge in [-0.2, -0.15) is 0 Å². The molecule has 0 aliphatic carbocycles. The first-order valence-corrected chi connectivity index (χ1v) is 9.62. The molecular weight excluding hydrogens is 366 g/mol. The summed E-state index contributed by atoms with van der Waals surface area (Å²) in [5, 5.41) is 3.03. The predicted octanol–water partition coefficient (Wildman–Crippen LogP) is 2.47. The van der Waals surface area contributed by atoms with Crippen molar-refractivity contribution in [1.29, 1.82) is 0 Å². The van der Waals surface area contributed by atoms with Gasteiger partial charge in [-0.15, -0.1) is 12.4 Å². The Hall–Kier alpha value is -1.34. The van der Waals surface area contributed by atoms with Crippen LogP contribution in [0.4, 0.5) is 0 Å². The van der Waals surface area contributed by atoms with Gasteiger partial charge in [0.1, 0.15) is 5.75 Å². The standard InChI is InChI=1S/C20H33N3O3.ClH/c1-3-26-15-17-12-16(7-8-19(17)25-2)14-23-11-5-4-6-18(23)13-22-20(24)9-10-21;/h7-8,12,18H,3-6,9-11,13-15,21H2,1-2H3,(H,22,24);1H. The van der Waals surface area contributed by atoms with Crippen LogP contribution < -0.4 is 15.8 Å². The van der Waals surface area contributed by atoms with Gasteiger partial charge in [0.2, 0.25) is 5.91 Å². The smallest absolute Gasteiger partial charge is 0.221 e. The van der Waals surface area contributed by atoms with Gasteiger partial charge in [-0.3, -0.25) is 9.69 Å². The first kappa shape index (κ1) is 23.7. The minimum absolute atomic E-state index is 0. The predicted molar refractivity (Wildman–Crippen MR) is 110 cm³/mol.